The highest BCUT2D eigenvalue weighted by molar-refractivity contribution is 7.21. The van der Waals surface area contributed by atoms with Gasteiger partial charge >= 0.3 is 0 Å². The Hall–Kier alpha value is -2.27. The molecule has 1 aliphatic rings. The first-order chi connectivity index (χ1) is 8.83. The minimum atomic E-state index is 0.515. The van der Waals surface area contributed by atoms with Crippen LogP contribution in [0.3, 0.4) is 0 Å². The van der Waals surface area contributed by atoms with Crippen LogP contribution in [0.15, 0.2) is 48.7 Å². The van der Waals surface area contributed by atoms with Crippen molar-refractivity contribution < 1.29 is 0 Å². The number of hydrogen-bond acceptors (Lipinski definition) is 5. The topological polar surface area (TPSA) is 64.7 Å². The van der Waals surface area contributed by atoms with E-state index in [-0.39, 0.29) is 0 Å². The SMILES string of the molecule is Nc1nc2cnc(C3=CC=CC=CC=C3)nc2s1. The lowest BCUT2D eigenvalue weighted by molar-refractivity contribution is 1.17. The monoisotopic (exact) mass is 254 g/mol. The summed E-state index contributed by atoms with van der Waals surface area (Å²) in [6.45, 7) is 0. The molecule has 0 radical (unpaired) electrons. The summed E-state index contributed by atoms with van der Waals surface area (Å²) in [5.74, 6) is 0.683. The fourth-order valence-electron chi connectivity index (χ4n) is 1.61. The van der Waals surface area contributed by atoms with E-state index in [1.165, 1.54) is 11.3 Å². The van der Waals surface area contributed by atoms with Gasteiger partial charge in [0, 0.05) is 5.57 Å². The minimum Gasteiger partial charge on any atom is -0.375 e. The van der Waals surface area contributed by atoms with E-state index in [0.717, 1.165) is 15.9 Å². The van der Waals surface area contributed by atoms with Gasteiger partial charge in [-0.15, -0.1) is 0 Å². The molecule has 2 heterocycles. The van der Waals surface area contributed by atoms with Crippen LogP contribution in [-0.4, -0.2) is 15.0 Å². The molecule has 2 N–H and O–H groups in total. The summed E-state index contributed by atoms with van der Waals surface area (Å²) in [6, 6.07) is 0. The Morgan fingerprint density at radius 1 is 1.00 bits per heavy atom. The molecule has 0 spiro atoms. The molecule has 4 nitrogen and oxygen atoms in total. The second-order valence-corrected chi connectivity index (χ2v) is 4.70. The van der Waals surface area contributed by atoms with Gasteiger partial charge < -0.3 is 5.73 Å². The second kappa shape index (κ2) is 4.54. The van der Waals surface area contributed by atoms with Gasteiger partial charge in [-0.2, -0.15) is 0 Å². The van der Waals surface area contributed by atoms with E-state index in [0.29, 0.717) is 11.0 Å². The third-order valence-electron chi connectivity index (χ3n) is 2.42. The molecule has 0 amide bonds. The maximum atomic E-state index is 5.66. The molecule has 0 unspecified atom stereocenters. The zero-order chi connectivity index (χ0) is 12.4. The highest BCUT2D eigenvalue weighted by Gasteiger charge is 2.07. The molecular weight excluding hydrogens is 244 g/mol. The third-order valence-corrected chi connectivity index (χ3v) is 3.22. The summed E-state index contributed by atoms with van der Waals surface area (Å²) in [7, 11) is 0. The number of thiazole rings is 1. The molecule has 0 saturated carbocycles. The van der Waals surface area contributed by atoms with Crippen molar-refractivity contribution in [1.29, 1.82) is 0 Å². The molecule has 2 aromatic rings. The van der Waals surface area contributed by atoms with Gasteiger partial charge in [0.05, 0.1) is 6.20 Å². The standard InChI is InChI=1S/C13H10N4S/c14-13-16-10-8-15-11(17-12(10)18-13)9-6-4-2-1-3-5-7-9/h1-8H,(H2,14,16). The van der Waals surface area contributed by atoms with E-state index >= 15 is 0 Å². The highest BCUT2D eigenvalue weighted by Crippen LogP contribution is 2.23. The molecule has 2 aromatic heterocycles. The molecular formula is C13H10N4S. The first kappa shape index (κ1) is 10.9. The maximum absolute atomic E-state index is 5.66. The van der Waals surface area contributed by atoms with Crippen LogP contribution >= 0.6 is 11.3 Å². The van der Waals surface area contributed by atoms with Gasteiger partial charge in [0.2, 0.25) is 0 Å². The van der Waals surface area contributed by atoms with Crippen LogP contribution in [0, 0.1) is 0 Å². The quantitative estimate of drug-likeness (QED) is 0.849. The van der Waals surface area contributed by atoms with Crippen molar-refractivity contribution in [3.63, 3.8) is 0 Å². The Balaban J connectivity index is 2.08. The van der Waals surface area contributed by atoms with Crippen LogP contribution < -0.4 is 5.73 Å². The average molecular weight is 254 g/mol. The van der Waals surface area contributed by atoms with Gasteiger partial charge in [-0.3, -0.25) is 0 Å². The number of allylic oxidation sites excluding steroid dienone is 8. The minimum absolute atomic E-state index is 0.515. The number of hydrogen-bond donors (Lipinski definition) is 1. The van der Waals surface area contributed by atoms with Crippen molar-refractivity contribution in [1.82, 2.24) is 15.0 Å². The molecule has 0 fully saturated rings. The zero-order valence-electron chi connectivity index (χ0n) is 9.45. The number of nitrogens with zero attached hydrogens (tertiary/aromatic N) is 3. The highest BCUT2D eigenvalue weighted by atomic mass is 32.1. The lowest BCUT2D eigenvalue weighted by atomic mass is 10.1. The second-order valence-electron chi connectivity index (χ2n) is 3.69. The number of rotatable bonds is 1. The van der Waals surface area contributed by atoms with Gasteiger partial charge in [0.15, 0.2) is 11.0 Å². The lowest BCUT2D eigenvalue weighted by Crippen LogP contribution is -1.92. The van der Waals surface area contributed by atoms with Crippen LogP contribution in [-0.2, 0) is 0 Å². The van der Waals surface area contributed by atoms with Gasteiger partial charge in [-0.25, -0.2) is 15.0 Å². The number of anilines is 1. The van der Waals surface area contributed by atoms with E-state index in [1.54, 1.807) is 6.20 Å². The fraction of sp³-hybridized carbons (Fsp3) is 0. The summed E-state index contributed by atoms with van der Waals surface area (Å²) in [5, 5.41) is 0.515. The van der Waals surface area contributed by atoms with Crippen molar-refractivity contribution in [3.8, 4) is 0 Å². The van der Waals surface area contributed by atoms with Gasteiger partial charge in [0.25, 0.3) is 0 Å². The summed E-state index contributed by atoms with van der Waals surface area (Å²) in [5.41, 5.74) is 7.36. The van der Waals surface area contributed by atoms with Crippen molar-refractivity contribution in [2.75, 3.05) is 5.73 Å². The van der Waals surface area contributed by atoms with Crippen LogP contribution in [0.4, 0.5) is 5.13 Å². The average Bonchev–Trinajstić information content (AvgIpc) is 2.67. The number of nitrogens with two attached hydrogens (primary N) is 1. The Bertz CT molecular complexity index is 707. The lowest BCUT2D eigenvalue weighted by Gasteiger charge is -2.00. The fourth-order valence-corrected chi connectivity index (χ4v) is 2.28. The number of fused-ring (bicyclic) bond motifs is 1. The van der Waals surface area contributed by atoms with Crippen LogP contribution in [0.5, 0.6) is 0 Å². The molecule has 18 heavy (non-hydrogen) atoms. The van der Waals surface area contributed by atoms with Crippen molar-refractivity contribution in [3.05, 3.63) is 54.6 Å². The van der Waals surface area contributed by atoms with Crippen LogP contribution in [0.2, 0.25) is 0 Å². The summed E-state index contributed by atoms with van der Waals surface area (Å²) in [6.07, 6.45) is 15.5. The molecule has 0 bridgehead atoms. The molecule has 0 atom stereocenters. The molecule has 3 rings (SSSR count). The Morgan fingerprint density at radius 2 is 1.83 bits per heavy atom. The Kier molecular flexibility index (Phi) is 2.74. The van der Waals surface area contributed by atoms with Crippen molar-refractivity contribution in [2.45, 2.75) is 0 Å². The zero-order valence-corrected chi connectivity index (χ0v) is 10.3. The predicted octanol–water partition coefficient (Wildman–Crippen LogP) is 2.73. The molecule has 0 aromatic carbocycles. The Morgan fingerprint density at radius 3 is 2.78 bits per heavy atom. The van der Waals surface area contributed by atoms with E-state index in [1.807, 2.05) is 42.5 Å². The van der Waals surface area contributed by atoms with E-state index < -0.39 is 0 Å². The van der Waals surface area contributed by atoms with Gasteiger partial charge in [-0.1, -0.05) is 53.9 Å². The van der Waals surface area contributed by atoms with Crippen LogP contribution in [0.25, 0.3) is 15.9 Å². The smallest absolute Gasteiger partial charge is 0.182 e. The summed E-state index contributed by atoms with van der Waals surface area (Å²) in [4.78, 5) is 13.8. The number of nitrogen functional groups attached to an aromatic ring is 1. The molecule has 5 heteroatoms. The molecule has 1 aliphatic carbocycles. The largest absolute Gasteiger partial charge is 0.375 e. The van der Waals surface area contributed by atoms with E-state index in [9.17, 15) is 0 Å². The molecule has 88 valence electrons. The predicted molar refractivity (Wildman–Crippen MR) is 75.0 cm³/mol. The normalized spacial score (nSPS) is 14.6. The van der Waals surface area contributed by atoms with Crippen LogP contribution in [0.1, 0.15) is 5.82 Å². The number of aromatic nitrogens is 3. The first-order valence-corrected chi connectivity index (χ1v) is 6.26. The van der Waals surface area contributed by atoms with Crippen molar-refractivity contribution in [2.24, 2.45) is 0 Å². The molecule has 0 aliphatic heterocycles. The summed E-state index contributed by atoms with van der Waals surface area (Å²) < 4.78 is 0. The summed E-state index contributed by atoms with van der Waals surface area (Å²) >= 11 is 1.37. The third kappa shape index (κ3) is 2.08. The van der Waals surface area contributed by atoms with E-state index in [2.05, 4.69) is 15.0 Å². The van der Waals surface area contributed by atoms with Gasteiger partial charge in [-0.05, 0) is 0 Å². The molecule has 0 saturated heterocycles. The maximum Gasteiger partial charge on any atom is 0.182 e. The van der Waals surface area contributed by atoms with Crippen molar-refractivity contribution >= 4 is 32.4 Å². The Labute approximate surface area is 108 Å². The van der Waals surface area contributed by atoms with E-state index in [4.69, 9.17) is 5.73 Å². The van der Waals surface area contributed by atoms with Gasteiger partial charge in [0.1, 0.15) is 10.3 Å². The first-order valence-electron chi connectivity index (χ1n) is 5.44.